The van der Waals surface area contributed by atoms with Crippen LogP contribution in [-0.2, 0) is 25.6 Å². The first-order valence-corrected chi connectivity index (χ1v) is 11.2. The zero-order valence-corrected chi connectivity index (χ0v) is 19.5. The molecule has 15 heteroatoms. The molecule has 196 valence electrons. The smallest absolute Gasteiger partial charge is 0.322 e. The Balaban J connectivity index is 2.89. The molecule has 15 nitrogen and oxygen atoms in total. The van der Waals surface area contributed by atoms with E-state index in [9.17, 15) is 19.2 Å². The summed E-state index contributed by atoms with van der Waals surface area (Å²) in [6.07, 6.45) is 5.06. The van der Waals surface area contributed by atoms with E-state index >= 15 is 0 Å². The first-order chi connectivity index (χ1) is 16.6. The minimum Gasteiger partial charge on any atom is -0.480 e. The summed E-state index contributed by atoms with van der Waals surface area (Å²) >= 11 is 0. The number of nitrogens with two attached hydrogens (primary N) is 4. The summed E-state index contributed by atoms with van der Waals surface area (Å²) in [5, 5.41) is 16.3. The number of amides is 3. The van der Waals surface area contributed by atoms with E-state index in [1.54, 1.807) is 0 Å². The van der Waals surface area contributed by atoms with Crippen LogP contribution in [-0.4, -0.2) is 82.5 Å². The maximum absolute atomic E-state index is 13.0. The van der Waals surface area contributed by atoms with Crippen molar-refractivity contribution < 1.29 is 24.3 Å². The number of aliphatic imine (C=N–C) groups is 1. The van der Waals surface area contributed by atoms with Crippen LogP contribution >= 0.6 is 0 Å². The largest absolute Gasteiger partial charge is 0.480 e. The highest BCUT2D eigenvalue weighted by atomic mass is 16.4. The van der Waals surface area contributed by atoms with Gasteiger partial charge >= 0.3 is 5.97 Å². The van der Waals surface area contributed by atoms with Crippen molar-refractivity contribution in [1.29, 1.82) is 0 Å². The fourth-order valence-electron chi connectivity index (χ4n) is 3.10. The molecule has 0 aliphatic carbocycles. The van der Waals surface area contributed by atoms with E-state index in [2.05, 4.69) is 30.9 Å². The van der Waals surface area contributed by atoms with Gasteiger partial charge in [0.2, 0.25) is 17.7 Å². The number of carbonyl (C=O) groups excluding carboxylic acids is 3. The highest BCUT2D eigenvalue weighted by Crippen LogP contribution is 2.06. The quantitative estimate of drug-likeness (QED) is 0.0586. The molecule has 0 saturated heterocycles. The summed E-state index contributed by atoms with van der Waals surface area (Å²) in [5.41, 5.74) is 22.8. The number of hydrogen-bond donors (Lipinski definition) is 9. The molecule has 1 aromatic rings. The molecule has 1 heterocycles. The van der Waals surface area contributed by atoms with Gasteiger partial charge in [-0.1, -0.05) is 0 Å². The lowest BCUT2D eigenvalue weighted by atomic mass is 10.1. The normalized spacial score (nSPS) is 13.2. The van der Waals surface area contributed by atoms with Crippen LogP contribution in [0.3, 0.4) is 0 Å². The van der Waals surface area contributed by atoms with Crippen LogP contribution in [0.4, 0.5) is 0 Å². The van der Waals surface area contributed by atoms with Crippen molar-refractivity contribution in [2.24, 2.45) is 27.9 Å². The van der Waals surface area contributed by atoms with E-state index in [4.69, 9.17) is 28.0 Å². The van der Waals surface area contributed by atoms with E-state index in [0.717, 1.165) is 0 Å². The van der Waals surface area contributed by atoms with Gasteiger partial charge in [-0.2, -0.15) is 0 Å². The summed E-state index contributed by atoms with van der Waals surface area (Å²) in [6.45, 7) is 0.0273. The molecule has 0 radical (unpaired) electrons. The van der Waals surface area contributed by atoms with Gasteiger partial charge in [-0.05, 0) is 38.6 Å². The maximum Gasteiger partial charge on any atom is 0.322 e. The van der Waals surface area contributed by atoms with Crippen LogP contribution in [0.5, 0.6) is 0 Å². The third-order valence-electron chi connectivity index (χ3n) is 4.90. The zero-order valence-electron chi connectivity index (χ0n) is 19.5. The molecule has 0 aromatic carbocycles. The Morgan fingerprint density at radius 3 is 2.29 bits per heavy atom. The Bertz CT molecular complexity index is 841. The number of aliphatic carboxylic acids is 1. The van der Waals surface area contributed by atoms with Crippen LogP contribution in [0.15, 0.2) is 17.5 Å². The van der Waals surface area contributed by atoms with Crippen molar-refractivity contribution in [3.05, 3.63) is 18.2 Å². The number of carbonyl (C=O) groups is 4. The molecular weight excluding hydrogens is 460 g/mol. The number of imidazole rings is 1. The molecule has 3 unspecified atom stereocenters. The van der Waals surface area contributed by atoms with Crippen molar-refractivity contribution in [1.82, 2.24) is 25.9 Å². The molecule has 0 saturated carbocycles. The molecule has 0 fully saturated rings. The second kappa shape index (κ2) is 16.0. The van der Waals surface area contributed by atoms with E-state index in [0.29, 0.717) is 31.5 Å². The number of nitrogens with one attached hydrogen (secondary N) is 4. The van der Waals surface area contributed by atoms with Gasteiger partial charge in [-0.15, -0.1) is 0 Å². The SMILES string of the molecule is NCCCCC(NC(=O)C(CCCN=C(N)N)NC(=O)C(N)Cc1cnc[nH]1)C(=O)NCC(=O)O. The third kappa shape index (κ3) is 12.4. The number of guanidine groups is 1. The van der Waals surface area contributed by atoms with Crippen LogP contribution in [0.25, 0.3) is 0 Å². The van der Waals surface area contributed by atoms with Gasteiger partial charge in [0.1, 0.15) is 18.6 Å². The second-order valence-corrected chi connectivity index (χ2v) is 7.85. The summed E-state index contributed by atoms with van der Waals surface area (Å²) in [4.78, 5) is 59.5. The number of H-pyrrole nitrogens is 1. The molecule has 0 bridgehead atoms. The average molecular weight is 497 g/mol. The molecule has 0 spiro atoms. The lowest BCUT2D eigenvalue weighted by Gasteiger charge is -2.24. The number of rotatable bonds is 17. The minimum atomic E-state index is -1.22. The predicted molar refractivity (Wildman–Crippen MR) is 128 cm³/mol. The molecule has 1 aromatic heterocycles. The minimum absolute atomic E-state index is 0.105. The molecule has 13 N–H and O–H groups in total. The number of carboxylic acid groups (broad SMARTS) is 1. The monoisotopic (exact) mass is 496 g/mol. The summed E-state index contributed by atoms with van der Waals surface area (Å²) in [7, 11) is 0. The van der Waals surface area contributed by atoms with Crippen molar-refractivity contribution in [2.75, 3.05) is 19.6 Å². The first-order valence-electron chi connectivity index (χ1n) is 11.2. The van der Waals surface area contributed by atoms with E-state index < -0.39 is 48.4 Å². The highest BCUT2D eigenvalue weighted by molar-refractivity contribution is 5.93. The lowest BCUT2D eigenvalue weighted by molar-refractivity contribution is -0.138. The topological polar surface area (TPSA) is 270 Å². The molecule has 35 heavy (non-hydrogen) atoms. The van der Waals surface area contributed by atoms with Gasteiger partial charge in [0.25, 0.3) is 0 Å². The van der Waals surface area contributed by atoms with Crippen LogP contribution in [0, 0.1) is 0 Å². The Morgan fingerprint density at radius 2 is 1.69 bits per heavy atom. The Labute approximate surface area is 202 Å². The molecule has 0 aliphatic heterocycles. The van der Waals surface area contributed by atoms with Crippen molar-refractivity contribution in [3.63, 3.8) is 0 Å². The zero-order chi connectivity index (χ0) is 26.2. The fourth-order valence-corrected chi connectivity index (χ4v) is 3.10. The van der Waals surface area contributed by atoms with Crippen molar-refractivity contribution in [2.45, 2.75) is 56.7 Å². The summed E-state index contributed by atoms with van der Waals surface area (Å²) < 4.78 is 0. The van der Waals surface area contributed by atoms with Gasteiger partial charge in [0, 0.05) is 24.9 Å². The second-order valence-electron chi connectivity index (χ2n) is 7.85. The van der Waals surface area contributed by atoms with Gasteiger partial charge in [0.15, 0.2) is 5.96 Å². The Hall–Kier alpha value is -3.72. The lowest BCUT2D eigenvalue weighted by Crippen LogP contribution is -2.56. The fraction of sp³-hybridized carbons (Fsp3) is 0.600. The van der Waals surface area contributed by atoms with Gasteiger partial charge in [0.05, 0.1) is 12.4 Å². The molecule has 0 aliphatic rings. The van der Waals surface area contributed by atoms with Crippen molar-refractivity contribution in [3.8, 4) is 0 Å². The van der Waals surface area contributed by atoms with Crippen molar-refractivity contribution >= 4 is 29.7 Å². The van der Waals surface area contributed by atoms with Gasteiger partial charge < -0.3 is 49.0 Å². The molecular formula is C20H36N10O5. The van der Waals surface area contributed by atoms with E-state index in [1.165, 1.54) is 12.5 Å². The summed E-state index contributed by atoms with van der Waals surface area (Å²) in [5.74, 6) is -3.18. The predicted octanol–water partition coefficient (Wildman–Crippen LogP) is -3.37. The van der Waals surface area contributed by atoms with Crippen LogP contribution in [0.2, 0.25) is 0 Å². The third-order valence-corrected chi connectivity index (χ3v) is 4.90. The standard InChI is InChI=1S/C20H36N10O5/c21-6-2-1-4-14(18(34)27-10-16(31)32)30-19(35)15(5-3-7-26-20(23)24)29-17(33)13(22)8-12-9-25-11-28-12/h9,11,13-15H,1-8,10,21-22H2,(H,25,28)(H,27,34)(H,29,33)(H,30,35)(H,31,32)(H4,23,24,26). The Kier molecular flexibility index (Phi) is 13.4. The van der Waals surface area contributed by atoms with Gasteiger partial charge in [-0.3, -0.25) is 24.2 Å². The number of unbranched alkanes of at least 4 members (excludes halogenated alkanes) is 1. The highest BCUT2D eigenvalue weighted by Gasteiger charge is 2.28. The number of aromatic nitrogens is 2. The van der Waals surface area contributed by atoms with Crippen LogP contribution < -0.4 is 38.9 Å². The Morgan fingerprint density at radius 1 is 1.03 bits per heavy atom. The summed E-state index contributed by atoms with van der Waals surface area (Å²) in [6, 6.07) is -3.00. The average Bonchev–Trinajstić information content (AvgIpc) is 3.31. The molecule has 3 atom stereocenters. The number of nitrogens with zero attached hydrogens (tertiary/aromatic N) is 2. The van der Waals surface area contributed by atoms with E-state index in [-0.39, 0.29) is 31.8 Å². The number of hydrogen-bond acceptors (Lipinski definition) is 8. The van der Waals surface area contributed by atoms with Gasteiger partial charge in [-0.25, -0.2) is 4.98 Å². The first kappa shape index (κ1) is 29.3. The maximum atomic E-state index is 13.0. The molecule has 3 amide bonds. The van der Waals surface area contributed by atoms with Crippen LogP contribution in [0.1, 0.15) is 37.8 Å². The molecule has 1 rings (SSSR count). The number of carboxylic acids is 1. The van der Waals surface area contributed by atoms with E-state index in [1.807, 2.05) is 0 Å². The number of aromatic amines is 1.